The van der Waals surface area contributed by atoms with Crippen molar-refractivity contribution in [3.05, 3.63) is 23.2 Å². The number of hydrogen-bond acceptors (Lipinski definition) is 4. The molecule has 0 spiro atoms. The lowest BCUT2D eigenvalue weighted by molar-refractivity contribution is -0.116. The van der Waals surface area contributed by atoms with Gasteiger partial charge in [-0.1, -0.05) is 11.6 Å². The molecule has 0 aliphatic rings. The Balaban J connectivity index is 2.47. The minimum atomic E-state index is -3.02. The van der Waals surface area contributed by atoms with Gasteiger partial charge in [-0.25, -0.2) is 8.42 Å². The number of hydrogen-bond donors (Lipinski definition) is 2. The van der Waals surface area contributed by atoms with Crippen molar-refractivity contribution < 1.29 is 13.2 Å². The van der Waals surface area contributed by atoms with Crippen LogP contribution in [0.1, 0.15) is 12.8 Å². The van der Waals surface area contributed by atoms with Gasteiger partial charge in [-0.05, 0) is 24.6 Å². The molecule has 0 unspecified atom stereocenters. The molecule has 1 aromatic carbocycles. The SMILES string of the molecule is CS(=O)(=O)CCCC(=O)Nc1ccc(Cl)c(N)c1. The smallest absolute Gasteiger partial charge is 0.224 e. The first-order valence-electron chi connectivity index (χ1n) is 5.30. The highest BCUT2D eigenvalue weighted by Gasteiger charge is 2.07. The fourth-order valence-electron chi connectivity index (χ4n) is 1.34. The zero-order chi connectivity index (χ0) is 13.8. The van der Waals surface area contributed by atoms with Gasteiger partial charge in [0, 0.05) is 18.4 Å². The molecule has 1 rings (SSSR count). The minimum Gasteiger partial charge on any atom is -0.397 e. The van der Waals surface area contributed by atoms with E-state index < -0.39 is 9.84 Å². The van der Waals surface area contributed by atoms with Gasteiger partial charge in [-0.15, -0.1) is 0 Å². The molecule has 0 fully saturated rings. The molecule has 100 valence electrons. The normalized spacial score (nSPS) is 11.2. The summed E-state index contributed by atoms with van der Waals surface area (Å²) >= 11 is 5.75. The quantitative estimate of drug-likeness (QED) is 0.808. The Hall–Kier alpha value is -1.27. The molecule has 0 aliphatic carbocycles. The van der Waals surface area contributed by atoms with Crippen LogP contribution in [0.25, 0.3) is 0 Å². The third kappa shape index (κ3) is 5.37. The molecule has 5 nitrogen and oxygen atoms in total. The summed E-state index contributed by atoms with van der Waals surface area (Å²) in [5, 5.41) is 3.05. The highest BCUT2D eigenvalue weighted by atomic mass is 35.5. The van der Waals surface area contributed by atoms with Crippen LogP contribution in [0.2, 0.25) is 5.02 Å². The van der Waals surface area contributed by atoms with E-state index in [1.165, 1.54) is 0 Å². The Morgan fingerprint density at radius 1 is 1.44 bits per heavy atom. The maximum Gasteiger partial charge on any atom is 0.224 e. The number of nitrogens with two attached hydrogens (primary N) is 1. The van der Waals surface area contributed by atoms with E-state index in [9.17, 15) is 13.2 Å². The van der Waals surface area contributed by atoms with Crippen LogP contribution in [0.3, 0.4) is 0 Å². The molecule has 1 amide bonds. The van der Waals surface area contributed by atoms with Crippen LogP contribution in [0, 0.1) is 0 Å². The monoisotopic (exact) mass is 290 g/mol. The zero-order valence-electron chi connectivity index (χ0n) is 9.94. The predicted molar refractivity (Wildman–Crippen MR) is 73.4 cm³/mol. The Morgan fingerprint density at radius 2 is 2.11 bits per heavy atom. The maximum absolute atomic E-state index is 11.5. The molecule has 0 radical (unpaired) electrons. The molecule has 7 heteroatoms. The van der Waals surface area contributed by atoms with Gasteiger partial charge >= 0.3 is 0 Å². The second kappa shape index (κ2) is 6.06. The number of halogens is 1. The molecular weight excluding hydrogens is 276 g/mol. The lowest BCUT2D eigenvalue weighted by Crippen LogP contribution is -2.13. The van der Waals surface area contributed by atoms with Crippen LogP contribution in [-0.4, -0.2) is 26.3 Å². The van der Waals surface area contributed by atoms with Crippen molar-refractivity contribution in [1.82, 2.24) is 0 Å². The number of benzene rings is 1. The molecule has 0 aromatic heterocycles. The Morgan fingerprint density at radius 3 is 2.67 bits per heavy atom. The van der Waals surface area contributed by atoms with Crippen molar-refractivity contribution in [3.8, 4) is 0 Å². The van der Waals surface area contributed by atoms with E-state index >= 15 is 0 Å². The van der Waals surface area contributed by atoms with Gasteiger partial charge in [0.1, 0.15) is 9.84 Å². The van der Waals surface area contributed by atoms with Crippen molar-refractivity contribution in [1.29, 1.82) is 0 Å². The molecule has 1 aromatic rings. The van der Waals surface area contributed by atoms with E-state index in [4.69, 9.17) is 17.3 Å². The first-order chi connectivity index (χ1) is 8.28. The van der Waals surface area contributed by atoms with Gasteiger partial charge in [0.2, 0.25) is 5.91 Å². The molecule has 0 aliphatic heterocycles. The van der Waals surface area contributed by atoms with Crippen LogP contribution < -0.4 is 11.1 Å². The number of anilines is 2. The Bertz CT molecular complexity index is 543. The summed E-state index contributed by atoms with van der Waals surface area (Å²) in [6, 6.07) is 4.77. The van der Waals surface area contributed by atoms with Crippen LogP contribution in [0.5, 0.6) is 0 Å². The van der Waals surface area contributed by atoms with Gasteiger partial charge in [0.25, 0.3) is 0 Å². The molecule has 0 saturated heterocycles. The van der Waals surface area contributed by atoms with Crippen molar-refractivity contribution in [2.45, 2.75) is 12.8 Å². The van der Waals surface area contributed by atoms with Crippen LogP contribution in [0.4, 0.5) is 11.4 Å². The average Bonchev–Trinajstić information content (AvgIpc) is 2.21. The first-order valence-corrected chi connectivity index (χ1v) is 7.74. The summed E-state index contributed by atoms with van der Waals surface area (Å²) in [5.74, 6) is -0.247. The van der Waals surface area contributed by atoms with Gasteiger partial charge in [0.15, 0.2) is 0 Å². The van der Waals surface area contributed by atoms with Crippen LogP contribution in [0.15, 0.2) is 18.2 Å². The lowest BCUT2D eigenvalue weighted by Gasteiger charge is -2.06. The fourth-order valence-corrected chi connectivity index (χ4v) is 2.13. The Kier molecular flexibility index (Phi) is 4.98. The summed E-state index contributed by atoms with van der Waals surface area (Å²) in [4.78, 5) is 11.5. The fraction of sp³-hybridized carbons (Fsp3) is 0.364. The number of carbonyl (C=O) groups excluding carboxylic acids is 1. The van der Waals surface area contributed by atoms with E-state index in [0.717, 1.165) is 6.26 Å². The van der Waals surface area contributed by atoms with Crippen molar-refractivity contribution >= 4 is 38.7 Å². The molecule has 3 N–H and O–H groups in total. The van der Waals surface area contributed by atoms with E-state index in [0.29, 0.717) is 22.8 Å². The molecular formula is C11H15ClN2O3S. The average molecular weight is 291 g/mol. The Labute approximate surface area is 111 Å². The molecule has 0 atom stereocenters. The number of carbonyl (C=O) groups is 1. The molecule has 0 heterocycles. The zero-order valence-corrected chi connectivity index (χ0v) is 11.5. The number of amides is 1. The summed E-state index contributed by atoms with van der Waals surface area (Å²) in [5.41, 5.74) is 6.51. The van der Waals surface area contributed by atoms with E-state index in [-0.39, 0.29) is 18.1 Å². The van der Waals surface area contributed by atoms with Gasteiger partial charge in [-0.2, -0.15) is 0 Å². The summed E-state index contributed by atoms with van der Waals surface area (Å²) in [6.07, 6.45) is 1.59. The summed E-state index contributed by atoms with van der Waals surface area (Å²) < 4.78 is 21.8. The van der Waals surface area contributed by atoms with Gasteiger partial charge in [-0.3, -0.25) is 4.79 Å². The number of nitrogen functional groups attached to an aromatic ring is 1. The summed E-state index contributed by atoms with van der Waals surface area (Å²) in [7, 11) is -3.02. The van der Waals surface area contributed by atoms with E-state index in [2.05, 4.69) is 5.32 Å². The van der Waals surface area contributed by atoms with Gasteiger partial charge in [0.05, 0.1) is 16.5 Å². The second-order valence-corrected chi connectivity index (χ2v) is 6.68. The summed E-state index contributed by atoms with van der Waals surface area (Å²) in [6.45, 7) is 0. The van der Waals surface area contributed by atoms with Gasteiger partial charge < -0.3 is 11.1 Å². The second-order valence-electron chi connectivity index (χ2n) is 4.02. The van der Waals surface area contributed by atoms with Crippen molar-refractivity contribution in [2.24, 2.45) is 0 Å². The van der Waals surface area contributed by atoms with Crippen molar-refractivity contribution in [2.75, 3.05) is 23.1 Å². The minimum absolute atomic E-state index is 0.00315. The highest BCUT2D eigenvalue weighted by Crippen LogP contribution is 2.22. The first kappa shape index (κ1) is 14.8. The molecule has 18 heavy (non-hydrogen) atoms. The van der Waals surface area contributed by atoms with Crippen LogP contribution in [-0.2, 0) is 14.6 Å². The van der Waals surface area contributed by atoms with Crippen molar-refractivity contribution in [3.63, 3.8) is 0 Å². The highest BCUT2D eigenvalue weighted by molar-refractivity contribution is 7.90. The largest absolute Gasteiger partial charge is 0.397 e. The topological polar surface area (TPSA) is 89.3 Å². The van der Waals surface area contributed by atoms with Crippen LogP contribution >= 0.6 is 11.6 Å². The number of sulfone groups is 1. The standard InChI is InChI=1S/C11H15ClN2O3S/c1-18(16,17)6-2-3-11(15)14-8-4-5-9(12)10(13)7-8/h4-5,7H,2-3,6,13H2,1H3,(H,14,15). The molecule has 0 bridgehead atoms. The van der Waals surface area contributed by atoms with E-state index in [1.54, 1.807) is 18.2 Å². The lowest BCUT2D eigenvalue weighted by atomic mass is 10.2. The molecule has 0 saturated carbocycles. The number of rotatable bonds is 5. The predicted octanol–water partition coefficient (Wildman–Crippen LogP) is 1.69. The van der Waals surface area contributed by atoms with E-state index in [1.807, 2.05) is 0 Å². The number of nitrogens with one attached hydrogen (secondary N) is 1. The third-order valence-electron chi connectivity index (χ3n) is 2.20. The third-order valence-corrected chi connectivity index (χ3v) is 3.57. The maximum atomic E-state index is 11.5.